The van der Waals surface area contributed by atoms with Crippen molar-refractivity contribution < 1.29 is 0 Å². The Labute approximate surface area is 150 Å². The number of anilines is 1. The molecular weight excluding hydrogens is 334 g/mol. The van der Waals surface area contributed by atoms with Crippen LogP contribution < -0.4 is 4.90 Å². The Hall–Kier alpha value is -2.48. The first-order chi connectivity index (χ1) is 12.2. The second kappa shape index (κ2) is 6.79. The van der Waals surface area contributed by atoms with E-state index in [1.54, 1.807) is 27.0 Å². The Morgan fingerprint density at radius 3 is 2.76 bits per heavy atom. The van der Waals surface area contributed by atoms with Gasteiger partial charge in [-0.3, -0.25) is 0 Å². The molecule has 130 valence electrons. The van der Waals surface area contributed by atoms with Gasteiger partial charge in [0.1, 0.15) is 6.33 Å². The summed E-state index contributed by atoms with van der Waals surface area (Å²) in [6.07, 6.45) is 7.37. The minimum Gasteiger partial charge on any atom is -0.363 e. The minimum absolute atomic E-state index is 0.592. The molecule has 1 aliphatic heterocycles. The minimum atomic E-state index is 0.592. The molecule has 0 atom stereocenters. The summed E-state index contributed by atoms with van der Waals surface area (Å²) >= 11 is 1.77. The van der Waals surface area contributed by atoms with Gasteiger partial charge in [0.05, 0.1) is 16.9 Å². The van der Waals surface area contributed by atoms with Crippen molar-refractivity contribution in [2.45, 2.75) is 33.1 Å². The summed E-state index contributed by atoms with van der Waals surface area (Å²) in [6.45, 7) is 6.27. The van der Waals surface area contributed by atoms with E-state index in [0.29, 0.717) is 5.95 Å². The van der Waals surface area contributed by atoms with Crippen LogP contribution in [0.2, 0.25) is 0 Å². The largest absolute Gasteiger partial charge is 0.363 e. The van der Waals surface area contributed by atoms with Crippen molar-refractivity contribution in [1.29, 1.82) is 0 Å². The van der Waals surface area contributed by atoms with Gasteiger partial charge in [-0.1, -0.05) is 0 Å². The molecule has 0 spiro atoms. The molecule has 8 heteroatoms. The van der Waals surface area contributed by atoms with E-state index in [0.717, 1.165) is 29.4 Å². The summed E-state index contributed by atoms with van der Waals surface area (Å²) < 4.78 is 3.41. The molecule has 1 aliphatic rings. The summed E-state index contributed by atoms with van der Waals surface area (Å²) in [5.41, 5.74) is 1.95. The first-order valence-corrected chi connectivity index (χ1v) is 9.35. The quantitative estimate of drug-likeness (QED) is 0.675. The van der Waals surface area contributed by atoms with Crippen LogP contribution in [0, 0.1) is 13.8 Å². The molecule has 3 aromatic rings. The van der Waals surface area contributed by atoms with Gasteiger partial charge >= 0.3 is 0 Å². The molecule has 0 amide bonds. The zero-order chi connectivity index (χ0) is 17.2. The van der Waals surface area contributed by atoms with Crippen LogP contribution in [0.4, 0.5) is 5.00 Å². The van der Waals surface area contributed by atoms with Crippen molar-refractivity contribution in [3.63, 3.8) is 0 Å². The Morgan fingerprint density at radius 1 is 1.16 bits per heavy atom. The van der Waals surface area contributed by atoms with Crippen LogP contribution in [0.3, 0.4) is 0 Å². The maximum Gasteiger partial charge on any atom is 0.273 e. The third-order valence-electron chi connectivity index (χ3n) is 4.30. The number of thiophene rings is 1. The van der Waals surface area contributed by atoms with Crippen molar-refractivity contribution in [3.8, 4) is 5.95 Å². The molecule has 0 saturated carbocycles. The maximum atomic E-state index is 4.52. The van der Waals surface area contributed by atoms with Crippen molar-refractivity contribution >= 4 is 22.6 Å². The van der Waals surface area contributed by atoms with Crippen molar-refractivity contribution in [2.75, 3.05) is 18.0 Å². The van der Waals surface area contributed by atoms with Gasteiger partial charge in [0, 0.05) is 23.7 Å². The molecule has 0 aliphatic carbocycles. The van der Waals surface area contributed by atoms with Crippen LogP contribution in [0.1, 0.15) is 35.5 Å². The van der Waals surface area contributed by atoms with Gasteiger partial charge in [0.25, 0.3) is 5.95 Å². The van der Waals surface area contributed by atoms with E-state index in [-0.39, 0.29) is 0 Å². The molecule has 0 N–H and O–H groups in total. The van der Waals surface area contributed by atoms with Gasteiger partial charge < -0.3 is 4.90 Å². The summed E-state index contributed by atoms with van der Waals surface area (Å²) in [6, 6.07) is 6.31. The fourth-order valence-corrected chi connectivity index (χ4v) is 4.02. The Kier molecular flexibility index (Phi) is 4.35. The van der Waals surface area contributed by atoms with Gasteiger partial charge in [-0.05, 0) is 51.3 Å². The highest BCUT2D eigenvalue weighted by atomic mass is 32.1. The number of aromatic nitrogens is 5. The molecule has 25 heavy (non-hydrogen) atoms. The van der Waals surface area contributed by atoms with E-state index >= 15 is 0 Å². The SMILES string of the molecule is Cc1cc(C)n(-c2nncn2N=Cc2ccc(N3CCCCC3)s2)n1. The normalized spacial score (nSPS) is 15.4. The van der Waals surface area contributed by atoms with E-state index in [1.165, 1.54) is 24.3 Å². The first kappa shape index (κ1) is 16.0. The highest BCUT2D eigenvalue weighted by Crippen LogP contribution is 2.27. The van der Waals surface area contributed by atoms with E-state index in [4.69, 9.17) is 0 Å². The molecule has 0 bridgehead atoms. The summed E-state index contributed by atoms with van der Waals surface area (Å²) in [5, 5.41) is 18.4. The number of hydrogen-bond acceptors (Lipinski definition) is 6. The molecule has 0 aromatic carbocycles. The van der Waals surface area contributed by atoms with Crippen molar-refractivity contribution in [2.24, 2.45) is 5.10 Å². The van der Waals surface area contributed by atoms with Crippen LogP contribution in [-0.4, -0.2) is 44.0 Å². The zero-order valence-electron chi connectivity index (χ0n) is 14.5. The molecule has 7 nitrogen and oxygen atoms in total. The number of rotatable bonds is 4. The monoisotopic (exact) mass is 355 g/mol. The lowest BCUT2D eigenvalue weighted by Gasteiger charge is -2.27. The van der Waals surface area contributed by atoms with E-state index in [2.05, 4.69) is 37.4 Å². The summed E-state index contributed by atoms with van der Waals surface area (Å²) in [4.78, 5) is 3.58. The van der Waals surface area contributed by atoms with Gasteiger partial charge in [0.15, 0.2) is 0 Å². The lowest BCUT2D eigenvalue weighted by Crippen LogP contribution is -2.28. The van der Waals surface area contributed by atoms with Gasteiger partial charge in [0.2, 0.25) is 0 Å². The maximum absolute atomic E-state index is 4.52. The van der Waals surface area contributed by atoms with Crippen LogP contribution in [0.25, 0.3) is 5.95 Å². The highest BCUT2D eigenvalue weighted by molar-refractivity contribution is 7.17. The average Bonchev–Trinajstić information content (AvgIpc) is 3.33. The van der Waals surface area contributed by atoms with Crippen LogP contribution in [-0.2, 0) is 0 Å². The third kappa shape index (κ3) is 3.34. The standard InChI is InChI=1S/C17H21N7S/c1-13-10-14(2)24(21-13)17-20-18-12-23(17)19-11-15-6-7-16(25-15)22-8-4-3-5-9-22/h6-7,10-12H,3-5,8-9H2,1-2H3. The molecule has 0 radical (unpaired) electrons. The Bertz CT molecular complexity index is 883. The second-order valence-electron chi connectivity index (χ2n) is 6.28. The smallest absolute Gasteiger partial charge is 0.273 e. The predicted molar refractivity (Wildman–Crippen MR) is 100.0 cm³/mol. The average molecular weight is 355 g/mol. The van der Waals surface area contributed by atoms with Crippen molar-refractivity contribution in [1.82, 2.24) is 24.7 Å². The summed E-state index contributed by atoms with van der Waals surface area (Å²) in [7, 11) is 0. The Morgan fingerprint density at radius 2 is 2.00 bits per heavy atom. The van der Waals surface area contributed by atoms with E-state index in [9.17, 15) is 0 Å². The lowest BCUT2D eigenvalue weighted by molar-refractivity contribution is 0.580. The zero-order valence-corrected chi connectivity index (χ0v) is 15.3. The van der Waals surface area contributed by atoms with Gasteiger partial charge in [-0.15, -0.1) is 21.5 Å². The molecular formula is C17H21N7S. The third-order valence-corrected chi connectivity index (χ3v) is 5.38. The van der Waals surface area contributed by atoms with Crippen LogP contribution >= 0.6 is 11.3 Å². The van der Waals surface area contributed by atoms with Gasteiger partial charge in [-0.25, -0.2) is 4.68 Å². The van der Waals surface area contributed by atoms with Crippen LogP contribution in [0.5, 0.6) is 0 Å². The highest BCUT2D eigenvalue weighted by Gasteiger charge is 2.13. The van der Waals surface area contributed by atoms with E-state index < -0.39 is 0 Å². The molecule has 0 unspecified atom stereocenters. The number of hydrogen-bond donors (Lipinski definition) is 0. The van der Waals surface area contributed by atoms with Gasteiger partial charge in [-0.2, -0.15) is 14.9 Å². The predicted octanol–water partition coefficient (Wildman–Crippen LogP) is 3.01. The second-order valence-corrected chi connectivity index (χ2v) is 7.38. The molecule has 1 fully saturated rings. The van der Waals surface area contributed by atoms with E-state index in [1.807, 2.05) is 26.1 Å². The number of piperidine rings is 1. The fourth-order valence-electron chi connectivity index (χ4n) is 3.09. The Balaban J connectivity index is 1.54. The topological polar surface area (TPSA) is 64.1 Å². The fraction of sp³-hybridized carbons (Fsp3) is 0.412. The number of nitrogens with zero attached hydrogens (tertiary/aromatic N) is 7. The van der Waals surface area contributed by atoms with Crippen molar-refractivity contribution in [3.05, 3.63) is 40.8 Å². The van der Waals surface area contributed by atoms with Crippen LogP contribution in [0.15, 0.2) is 29.6 Å². The summed E-state index contributed by atoms with van der Waals surface area (Å²) in [5.74, 6) is 0.592. The molecule has 4 rings (SSSR count). The molecule has 3 aromatic heterocycles. The molecule has 4 heterocycles. The number of aryl methyl sites for hydroxylation is 2. The molecule has 1 saturated heterocycles. The first-order valence-electron chi connectivity index (χ1n) is 8.53. The lowest BCUT2D eigenvalue weighted by atomic mass is 10.1.